The Morgan fingerprint density at radius 1 is 1.69 bits per heavy atom. The third-order valence-corrected chi connectivity index (χ3v) is 2.98. The summed E-state index contributed by atoms with van der Waals surface area (Å²) in [6.45, 7) is 0.0354. The molecule has 0 aliphatic rings. The lowest BCUT2D eigenvalue weighted by atomic mass is 10.3. The molecule has 0 fully saturated rings. The first-order valence-electron chi connectivity index (χ1n) is 4.64. The summed E-state index contributed by atoms with van der Waals surface area (Å²) in [5, 5.41) is 6.20. The number of esters is 1. The number of carbonyl (C=O) groups is 1. The van der Waals surface area contributed by atoms with Gasteiger partial charge in [0.25, 0.3) is 0 Å². The molecule has 84 valence electrons. The number of rotatable bonds is 3. The Balaban J connectivity index is 2.25. The van der Waals surface area contributed by atoms with Crippen molar-refractivity contribution < 1.29 is 9.53 Å². The summed E-state index contributed by atoms with van der Waals surface area (Å²) < 4.78 is 5.99. The summed E-state index contributed by atoms with van der Waals surface area (Å²) in [7, 11) is 1.34. The van der Waals surface area contributed by atoms with E-state index >= 15 is 0 Å². The number of aromatic nitrogens is 2. The second kappa shape index (κ2) is 4.36. The Morgan fingerprint density at radius 3 is 3.12 bits per heavy atom. The number of anilines is 1. The van der Waals surface area contributed by atoms with E-state index in [9.17, 15) is 4.79 Å². The van der Waals surface area contributed by atoms with Gasteiger partial charge in [-0.1, -0.05) is 6.07 Å². The van der Waals surface area contributed by atoms with Crippen LogP contribution < -0.4 is 5.73 Å². The quantitative estimate of drug-likeness (QED) is 0.818. The van der Waals surface area contributed by atoms with Crippen LogP contribution in [0.2, 0.25) is 0 Å². The molecule has 0 aliphatic carbocycles. The standard InChI is InChI=1S/C10H11N3O2S/c1-15-10(14)6-13-9(11)5-7(12-13)8-3-2-4-16-8/h2-5H,6,11H2,1H3. The predicted octanol–water partition coefficient (Wildman–Crippen LogP) is 1.37. The minimum absolute atomic E-state index is 0.0354. The molecule has 0 aliphatic heterocycles. The Bertz CT molecular complexity index is 490. The van der Waals surface area contributed by atoms with Gasteiger partial charge in [0.2, 0.25) is 0 Å². The van der Waals surface area contributed by atoms with Crippen LogP contribution >= 0.6 is 11.3 Å². The first kappa shape index (κ1) is 10.7. The maximum absolute atomic E-state index is 11.1. The number of methoxy groups -OCH3 is 1. The zero-order valence-corrected chi connectivity index (χ0v) is 9.53. The van der Waals surface area contributed by atoms with E-state index in [0.717, 1.165) is 10.6 Å². The van der Waals surface area contributed by atoms with Crippen molar-refractivity contribution in [3.05, 3.63) is 23.6 Å². The van der Waals surface area contributed by atoms with E-state index in [0.29, 0.717) is 5.82 Å². The fraction of sp³-hybridized carbons (Fsp3) is 0.200. The van der Waals surface area contributed by atoms with E-state index in [1.165, 1.54) is 11.8 Å². The number of carbonyl (C=O) groups excluding carboxylic acids is 1. The van der Waals surface area contributed by atoms with Crippen LogP contribution in [0.4, 0.5) is 5.82 Å². The van der Waals surface area contributed by atoms with Gasteiger partial charge in [0.15, 0.2) is 0 Å². The topological polar surface area (TPSA) is 70.1 Å². The summed E-state index contributed by atoms with van der Waals surface area (Å²) >= 11 is 1.58. The van der Waals surface area contributed by atoms with Gasteiger partial charge in [0.05, 0.1) is 12.0 Å². The molecule has 2 aromatic heterocycles. The molecule has 0 unspecified atom stereocenters. The van der Waals surface area contributed by atoms with Crippen molar-refractivity contribution in [1.82, 2.24) is 9.78 Å². The summed E-state index contributed by atoms with van der Waals surface area (Å²) in [5.74, 6) is 0.0846. The highest BCUT2D eigenvalue weighted by atomic mass is 32.1. The second-order valence-corrected chi connectivity index (χ2v) is 4.11. The number of nitrogens with two attached hydrogens (primary N) is 1. The molecule has 2 N–H and O–H groups in total. The van der Waals surface area contributed by atoms with E-state index in [2.05, 4.69) is 9.84 Å². The Labute approximate surface area is 96.4 Å². The Morgan fingerprint density at radius 2 is 2.50 bits per heavy atom. The molecule has 0 spiro atoms. The van der Waals surface area contributed by atoms with Crippen LogP contribution in [0, 0.1) is 0 Å². The minimum atomic E-state index is -0.368. The number of ether oxygens (including phenoxy) is 1. The molecule has 0 saturated carbocycles. The fourth-order valence-electron chi connectivity index (χ4n) is 1.29. The van der Waals surface area contributed by atoms with Crippen molar-refractivity contribution in [2.75, 3.05) is 12.8 Å². The number of hydrogen-bond donors (Lipinski definition) is 1. The van der Waals surface area contributed by atoms with Crippen LogP contribution in [-0.2, 0) is 16.1 Å². The minimum Gasteiger partial charge on any atom is -0.468 e. The lowest BCUT2D eigenvalue weighted by Crippen LogP contribution is -2.14. The van der Waals surface area contributed by atoms with E-state index in [1.807, 2.05) is 17.5 Å². The van der Waals surface area contributed by atoms with Crippen LogP contribution in [0.5, 0.6) is 0 Å². The first-order valence-corrected chi connectivity index (χ1v) is 5.52. The average molecular weight is 237 g/mol. The van der Waals surface area contributed by atoms with Crippen LogP contribution in [0.15, 0.2) is 23.6 Å². The molecule has 16 heavy (non-hydrogen) atoms. The Kier molecular flexibility index (Phi) is 2.91. The Hall–Kier alpha value is -1.82. The summed E-state index contributed by atoms with van der Waals surface area (Å²) in [6, 6.07) is 5.64. The van der Waals surface area contributed by atoms with Gasteiger partial charge in [-0.05, 0) is 11.4 Å². The van der Waals surface area contributed by atoms with Gasteiger partial charge < -0.3 is 10.5 Å². The van der Waals surface area contributed by atoms with Crippen molar-refractivity contribution in [3.63, 3.8) is 0 Å². The van der Waals surface area contributed by atoms with Crippen LogP contribution in [0.1, 0.15) is 0 Å². The van der Waals surface area contributed by atoms with E-state index in [4.69, 9.17) is 5.73 Å². The third-order valence-electron chi connectivity index (χ3n) is 2.09. The van der Waals surface area contributed by atoms with E-state index in [-0.39, 0.29) is 12.5 Å². The largest absolute Gasteiger partial charge is 0.468 e. The van der Waals surface area contributed by atoms with E-state index < -0.39 is 0 Å². The van der Waals surface area contributed by atoms with Gasteiger partial charge in [0, 0.05) is 6.07 Å². The first-order chi connectivity index (χ1) is 7.70. The molecule has 0 bridgehead atoms. The van der Waals surface area contributed by atoms with Crippen LogP contribution in [0.3, 0.4) is 0 Å². The molecule has 0 saturated heterocycles. The molecule has 6 heteroatoms. The van der Waals surface area contributed by atoms with Crippen LogP contribution in [-0.4, -0.2) is 22.9 Å². The highest BCUT2D eigenvalue weighted by Crippen LogP contribution is 2.24. The molecule has 0 radical (unpaired) electrons. The molecular formula is C10H11N3O2S. The molecule has 2 heterocycles. The second-order valence-electron chi connectivity index (χ2n) is 3.17. The van der Waals surface area contributed by atoms with Gasteiger partial charge in [0.1, 0.15) is 18.1 Å². The maximum Gasteiger partial charge on any atom is 0.327 e. The maximum atomic E-state index is 11.1. The van der Waals surface area contributed by atoms with Gasteiger partial charge in [-0.15, -0.1) is 11.3 Å². The summed E-state index contributed by atoms with van der Waals surface area (Å²) in [5.41, 5.74) is 6.52. The third kappa shape index (κ3) is 2.06. The van der Waals surface area contributed by atoms with Crippen molar-refractivity contribution in [1.29, 1.82) is 0 Å². The molecular weight excluding hydrogens is 226 g/mol. The highest BCUT2D eigenvalue weighted by molar-refractivity contribution is 7.13. The number of hydrogen-bond acceptors (Lipinski definition) is 5. The zero-order valence-electron chi connectivity index (χ0n) is 8.71. The monoisotopic (exact) mass is 237 g/mol. The van der Waals surface area contributed by atoms with Gasteiger partial charge >= 0.3 is 5.97 Å². The lowest BCUT2D eigenvalue weighted by molar-refractivity contribution is -0.141. The number of nitrogen functional groups attached to an aromatic ring is 1. The molecule has 2 rings (SSSR count). The van der Waals surface area contributed by atoms with Gasteiger partial charge in [-0.25, -0.2) is 4.68 Å². The van der Waals surface area contributed by atoms with Crippen molar-refractivity contribution >= 4 is 23.1 Å². The van der Waals surface area contributed by atoms with Crippen molar-refractivity contribution in [3.8, 4) is 10.6 Å². The van der Waals surface area contributed by atoms with Crippen LogP contribution in [0.25, 0.3) is 10.6 Å². The lowest BCUT2D eigenvalue weighted by Gasteiger charge is -2.00. The summed E-state index contributed by atoms with van der Waals surface area (Å²) in [4.78, 5) is 12.1. The summed E-state index contributed by atoms with van der Waals surface area (Å²) in [6.07, 6.45) is 0. The molecule has 0 atom stereocenters. The number of nitrogens with zero attached hydrogens (tertiary/aromatic N) is 2. The smallest absolute Gasteiger partial charge is 0.327 e. The SMILES string of the molecule is COC(=O)Cn1nc(-c2cccs2)cc1N. The van der Waals surface area contributed by atoms with E-state index in [1.54, 1.807) is 17.4 Å². The van der Waals surface area contributed by atoms with Gasteiger partial charge in [-0.3, -0.25) is 4.79 Å². The average Bonchev–Trinajstić information content (AvgIpc) is 2.88. The molecule has 0 aromatic carbocycles. The molecule has 5 nitrogen and oxygen atoms in total. The predicted molar refractivity (Wildman–Crippen MR) is 62.0 cm³/mol. The highest BCUT2D eigenvalue weighted by Gasteiger charge is 2.10. The van der Waals surface area contributed by atoms with Crippen molar-refractivity contribution in [2.45, 2.75) is 6.54 Å². The van der Waals surface area contributed by atoms with Crippen molar-refractivity contribution in [2.24, 2.45) is 0 Å². The molecule has 2 aromatic rings. The molecule has 0 amide bonds. The number of thiophene rings is 1. The normalized spacial score (nSPS) is 10.3. The fourth-order valence-corrected chi connectivity index (χ4v) is 1.97. The van der Waals surface area contributed by atoms with Gasteiger partial charge in [-0.2, -0.15) is 5.10 Å². The zero-order chi connectivity index (χ0) is 11.5.